The van der Waals surface area contributed by atoms with Gasteiger partial charge in [-0.25, -0.2) is 9.97 Å². The van der Waals surface area contributed by atoms with E-state index in [1.807, 2.05) is 23.1 Å². The van der Waals surface area contributed by atoms with Gasteiger partial charge in [0.1, 0.15) is 11.5 Å². The number of nitrogens with one attached hydrogen (secondary N) is 1. The first-order valence-electron chi connectivity index (χ1n) is 7.64. The first-order chi connectivity index (χ1) is 11.7. The predicted molar refractivity (Wildman–Crippen MR) is 88.4 cm³/mol. The molecule has 2 aromatic heterocycles. The fourth-order valence-corrected chi connectivity index (χ4v) is 2.76. The molecule has 0 saturated heterocycles. The van der Waals surface area contributed by atoms with Crippen LogP contribution in [0.25, 0.3) is 0 Å². The van der Waals surface area contributed by atoms with Crippen molar-refractivity contribution in [1.29, 1.82) is 0 Å². The topological polar surface area (TPSA) is 84.2 Å². The lowest BCUT2D eigenvalue weighted by atomic mass is 10.2. The molecule has 1 aromatic carbocycles. The Hall–Kier alpha value is -3.22. The zero-order chi connectivity index (χ0) is 16.5. The second-order valence-corrected chi connectivity index (χ2v) is 5.55. The number of nitrogens with zero attached hydrogens (tertiary/aromatic N) is 4. The van der Waals surface area contributed by atoms with E-state index in [0.29, 0.717) is 17.5 Å². The van der Waals surface area contributed by atoms with Crippen molar-refractivity contribution in [3.63, 3.8) is 0 Å². The Morgan fingerprint density at radius 1 is 1.29 bits per heavy atom. The van der Waals surface area contributed by atoms with Crippen molar-refractivity contribution in [3.05, 3.63) is 59.6 Å². The molecule has 1 N–H and O–H groups in total. The average Bonchev–Trinajstić information content (AvgIpc) is 3.21. The summed E-state index contributed by atoms with van der Waals surface area (Å²) in [4.78, 5) is 23.1. The molecule has 1 aliphatic rings. The number of para-hydroxylation sites is 1. The Balaban J connectivity index is 1.59. The number of carbonyl (C=O) groups excluding carboxylic acids is 1. The SMILES string of the molecule is Cc1cc(NC(=O)c2ccnc(N3CCc4ccccc43)n2)no1. The van der Waals surface area contributed by atoms with Crippen LogP contribution in [0.2, 0.25) is 0 Å². The van der Waals surface area contributed by atoms with Gasteiger partial charge in [0.15, 0.2) is 5.82 Å². The van der Waals surface area contributed by atoms with Crippen LogP contribution in [0.4, 0.5) is 17.5 Å². The maximum atomic E-state index is 12.3. The Kier molecular flexibility index (Phi) is 3.45. The highest BCUT2D eigenvalue weighted by Gasteiger charge is 2.22. The molecule has 7 nitrogen and oxygen atoms in total. The van der Waals surface area contributed by atoms with Crippen LogP contribution >= 0.6 is 0 Å². The van der Waals surface area contributed by atoms with Crippen LogP contribution in [-0.4, -0.2) is 27.6 Å². The highest BCUT2D eigenvalue weighted by molar-refractivity contribution is 6.02. The van der Waals surface area contributed by atoms with Crippen molar-refractivity contribution in [2.75, 3.05) is 16.8 Å². The molecule has 0 spiro atoms. The molecule has 0 radical (unpaired) electrons. The fraction of sp³-hybridized carbons (Fsp3) is 0.176. The minimum atomic E-state index is -0.348. The predicted octanol–water partition coefficient (Wildman–Crippen LogP) is 2.72. The zero-order valence-electron chi connectivity index (χ0n) is 13.1. The van der Waals surface area contributed by atoms with Crippen LogP contribution in [0.3, 0.4) is 0 Å². The van der Waals surface area contributed by atoms with Crippen LogP contribution in [-0.2, 0) is 6.42 Å². The first-order valence-corrected chi connectivity index (χ1v) is 7.64. The van der Waals surface area contributed by atoms with E-state index < -0.39 is 0 Å². The molecule has 0 fully saturated rings. The molecule has 4 rings (SSSR count). The van der Waals surface area contributed by atoms with E-state index in [9.17, 15) is 4.79 Å². The van der Waals surface area contributed by atoms with Gasteiger partial charge < -0.3 is 14.7 Å². The third-order valence-corrected chi connectivity index (χ3v) is 3.87. The van der Waals surface area contributed by atoms with Gasteiger partial charge in [-0.2, -0.15) is 0 Å². The largest absolute Gasteiger partial charge is 0.360 e. The van der Waals surface area contributed by atoms with Gasteiger partial charge in [0, 0.05) is 24.5 Å². The fourth-order valence-electron chi connectivity index (χ4n) is 2.76. The van der Waals surface area contributed by atoms with Crippen LogP contribution in [0.1, 0.15) is 21.8 Å². The number of rotatable bonds is 3. The van der Waals surface area contributed by atoms with Crippen molar-refractivity contribution >= 4 is 23.4 Å². The summed E-state index contributed by atoms with van der Waals surface area (Å²) in [5.74, 6) is 1.16. The summed E-state index contributed by atoms with van der Waals surface area (Å²) < 4.78 is 4.94. The van der Waals surface area contributed by atoms with E-state index in [2.05, 4.69) is 26.5 Å². The minimum absolute atomic E-state index is 0.282. The van der Waals surface area contributed by atoms with Crippen molar-refractivity contribution in [2.24, 2.45) is 0 Å². The van der Waals surface area contributed by atoms with E-state index in [4.69, 9.17) is 4.52 Å². The van der Waals surface area contributed by atoms with Gasteiger partial charge in [-0.3, -0.25) is 4.79 Å². The Morgan fingerprint density at radius 3 is 3.00 bits per heavy atom. The minimum Gasteiger partial charge on any atom is -0.360 e. The molecule has 0 atom stereocenters. The quantitative estimate of drug-likeness (QED) is 0.798. The molecule has 7 heteroatoms. The summed E-state index contributed by atoms with van der Waals surface area (Å²) in [5.41, 5.74) is 2.63. The number of anilines is 3. The van der Waals surface area contributed by atoms with Crippen LogP contribution in [0.5, 0.6) is 0 Å². The van der Waals surface area contributed by atoms with Gasteiger partial charge >= 0.3 is 0 Å². The number of aryl methyl sites for hydroxylation is 1. The van der Waals surface area contributed by atoms with E-state index in [-0.39, 0.29) is 11.6 Å². The van der Waals surface area contributed by atoms with E-state index in [1.54, 1.807) is 25.3 Å². The molecule has 3 heterocycles. The molecular weight excluding hydrogens is 306 g/mol. The smallest absolute Gasteiger partial charge is 0.275 e. The molecule has 0 saturated carbocycles. The van der Waals surface area contributed by atoms with Gasteiger partial charge in [0.2, 0.25) is 5.95 Å². The molecule has 0 aliphatic carbocycles. The van der Waals surface area contributed by atoms with Gasteiger partial charge in [-0.1, -0.05) is 23.4 Å². The number of hydrogen-bond acceptors (Lipinski definition) is 6. The normalized spacial score (nSPS) is 13.0. The molecule has 3 aromatic rings. The third kappa shape index (κ3) is 2.60. The summed E-state index contributed by atoms with van der Waals surface area (Å²) in [6.45, 7) is 2.56. The van der Waals surface area contributed by atoms with Crippen LogP contribution in [0.15, 0.2) is 47.1 Å². The average molecular weight is 321 g/mol. The summed E-state index contributed by atoms with van der Waals surface area (Å²) in [6, 6.07) is 11.4. The molecule has 120 valence electrons. The van der Waals surface area contributed by atoms with Crippen molar-refractivity contribution in [1.82, 2.24) is 15.1 Å². The van der Waals surface area contributed by atoms with E-state index >= 15 is 0 Å². The zero-order valence-corrected chi connectivity index (χ0v) is 13.1. The Morgan fingerprint density at radius 2 is 2.17 bits per heavy atom. The lowest BCUT2D eigenvalue weighted by Crippen LogP contribution is -2.20. The number of hydrogen-bond donors (Lipinski definition) is 1. The maximum Gasteiger partial charge on any atom is 0.275 e. The van der Waals surface area contributed by atoms with Crippen molar-refractivity contribution in [3.8, 4) is 0 Å². The molecule has 1 aliphatic heterocycles. The Labute approximate surface area is 138 Å². The number of fused-ring (bicyclic) bond motifs is 1. The van der Waals surface area contributed by atoms with Crippen LogP contribution in [0, 0.1) is 6.92 Å². The highest BCUT2D eigenvalue weighted by Crippen LogP contribution is 2.32. The lowest BCUT2D eigenvalue weighted by molar-refractivity contribution is 0.102. The summed E-state index contributed by atoms with van der Waals surface area (Å²) >= 11 is 0. The number of benzene rings is 1. The first kappa shape index (κ1) is 14.4. The highest BCUT2D eigenvalue weighted by atomic mass is 16.5. The lowest BCUT2D eigenvalue weighted by Gasteiger charge is -2.17. The number of carbonyl (C=O) groups is 1. The van der Waals surface area contributed by atoms with Gasteiger partial charge in [0.25, 0.3) is 5.91 Å². The number of amides is 1. The molecule has 0 bridgehead atoms. The molecular formula is C17H15N5O2. The van der Waals surface area contributed by atoms with E-state index in [0.717, 1.165) is 18.7 Å². The summed E-state index contributed by atoms with van der Waals surface area (Å²) in [5, 5.41) is 6.41. The molecule has 24 heavy (non-hydrogen) atoms. The molecule has 0 unspecified atom stereocenters. The second-order valence-electron chi connectivity index (χ2n) is 5.55. The maximum absolute atomic E-state index is 12.3. The van der Waals surface area contributed by atoms with Gasteiger partial charge in [0.05, 0.1) is 0 Å². The Bertz CT molecular complexity index is 905. The summed E-state index contributed by atoms with van der Waals surface area (Å²) in [7, 11) is 0. The third-order valence-electron chi connectivity index (χ3n) is 3.87. The van der Waals surface area contributed by atoms with E-state index in [1.165, 1.54) is 5.56 Å². The van der Waals surface area contributed by atoms with Gasteiger partial charge in [-0.05, 0) is 31.0 Å². The molecule has 1 amide bonds. The second kappa shape index (κ2) is 5.77. The van der Waals surface area contributed by atoms with Crippen LogP contribution < -0.4 is 10.2 Å². The monoisotopic (exact) mass is 321 g/mol. The van der Waals surface area contributed by atoms with Crippen molar-refractivity contribution < 1.29 is 9.32 Å². The van der Waals surface area contributed by atoms with Gasteiger partial charge in [-0.15, -0.1) is 0 Å². The standard InChI is InChI=1S/C17H15N5O2/c1-11-10-15(21-24-11)20-16(23)13-6-8-18-17(19-13)22-9-7-12-4-2-3-5-14(12)22/h2-6,8,10H,7,9H2,1H3,(H,20,21,23). The summed E-state index contributed by atoms with van der Waals surface area (Å²) in [6.07, 6.45) is 2.53. The number of aromatic nitrogens is 3. The van der Waals surface area contributed by atoms with Crippen molar-refractivity contribution in [2.45, 2.75) is 13.3 Å².